The minimum Gasteiger partial charge on any atom is -0.393 e. The largest absolute Gasteiger partial charge is 0.393 e. The third-order valence-electron chi connectivity index (χ3n) is 4.59. The molecule has 1 N–H and O–H groups in total. The van der Waals surface area contributed by atoms with E-state index in [-0.39, 0.29) is 6.10 Å². The van der Waals surface area contributed by atoms with Crippen molar-refractivity contribution >= 4 is 0 Å². The average Bonchev–Trinajstić information content (AvgIpc) is 2.73. The van der Waals surface area contributed by atoms with E-state index in [1.54, 1.807) is 0 Å². The molecule has 0 amide bonds. The van der Waals surface area contributed by atoms with Gasteiger partial charge in [0.15, 0.2) is 0 Å². The molecule has 1 heterocycles. The van der Waals surface area contributed by atoms with Crippen molar-refractivity contribution in [1.82, 2.24) is 9.55 Å². The molecule has 0 aliphatic heterocycles. The number of nitrogens with zero attached hydrogens (tertiary/aromatic N) is 2. The second kappa shape index (κ2) is 5.87. The first-order valence-corrected chi connectivity index (χ1v) is 7.22. The monoisotopic (exact) mass is 250 g/mol. The fourth-order valence-electron chi connectivity index (χ4n) is 3.15. The first kappa shape index (κ1) is 13.6. The van der Waals surface area contributed by atoms with E-state index in [0.717, 1.165) is 36.9 Å². The standard InChI is InChI=1S/C15H26N2O/c1-11(2)12-4-6-14(18)13(10-12)5-7-15-16-8-9-17(15)3/h8-9,11-14,18H,4-7,10H2,1-3H3. The maximum absolute atomic E-state index is 10.1. The summed E-state index contributed by atoms with van der Waals surface area (Å²) >= 11 is 0. The lowest BCUT2D eigenvalue weighted by Gasteiger charge is -2.35. The van der Waals surface area contributed by atoms with Crippen molar-refractivity contribution in [2.45, 2.75) is 52.1 Å². The molecule has 2 rings (SSSR count). The van der Waals surface area contributed by atoms with Gasteiger partial charge in [-0.3, -0.25) is 0 Å². The summed E-state index contributed by atoms with van der Waals surface area (Å²) in [5.74, 6) is 3.13. The highest BCUT2D eigenvalue weighted by Gasteiger charge is 2.30. The number of imidazole rings is 1. The minimum absolute atomic E-state index is 0.0970. The molecule has 1 aliphatic carbocycles. The van der Waals surface area contributed by atoms with Gasteiger partial charge in [0, 0.05) is 25.9 Å². The Morgan fingerprint density at radius 2 is 2.22 bits per heavy atom. The number of aliphatic hydroxyl groups excluding tert-OH is 1. The van der Waals surface area contributed by atoms with Crippen LogP contribution in [0.5, 0.6) is 0 Å². The highest BCUT2D eigenvalue weighted by Crippen LogP contribution is 2.35. The van der Waals surface area contributed by atoms with Crippen molar-refractivity contribution in [1.29, 1.82) is 0 Å². The summed E-state index contributed by atoms with van der Waals surface area (Å²) < 4.78 is 2.08. The van der Waals surface area contributed by atoms with Crippen molar-refractivity contribution in [3.05, 3.63) is 18.2 Å². The van der Waals surface area contributed by atoms with Crippen LogP contribution < -0.4 is 0 Å². The second-order valence-electron chi connectivity index (χ2n) is 6.14. The molecule has 3 atom stereocenters. The summed E-state index contributed by atoms with van der Waals surface area (Å²) in [7, 11) is 2.04. The van der Waals surface area contributed by atoms with E-state index in [0.29, 0.717) is 5.92 Å². The number of aromatic nitrogens is 2. The maximum Gasteiger partial charge on any atom is 0.108 e. The Bertz CT molecular complexity index is 372. The third kappa shape index (κ3) is 3.14. The van der Waals surface area contributed by atoms with Gasteiger partial charge >= 0.3 is 0 Å². The maximum atomic E-state index is 10.1. The van der Waals surface area contributed by atoms with Gasteiger partial charge in [-0.05, 0) is 43.4 Å². The van der Waals surface area contributed by atoms with Crippen LogP contribution in [0.1, 0.15) is 45.4 Å². The topological polar surface area (TPSA) is 38.1 Å². The van der Waals surface area contributed by atoms with E-state index >= 15 is 0 Å². The molecule has 0 bridgehead atoms. The third-order valence-corrected chi connectivity index (χ3v) is 4.59. The Kier molecular flexibility index (Phi) is 4.44. The van der Waals surface area contributed by atoms with Gasteiger partial charge in [-0.25, -0.2) is 4.98 Å². The van der Waals surface area contributed by atoms with E-state index in [4.69, 9.17) is 0 Å². The minimum atomic E-state index is -0.0970. The van der Waals surface area contributed by atoms with Crippen molar-refractivity contribution in [3.8, 4) is 0 Å². The number of aryl methyl sites for hydroxylation is 2. The molecule has 0 aromatic carbocycles. The second-order valence-corrected chi connectivity index (χ2v) is 6.14. The Morgan fingerprint density at radius 1 is 1.44 bits per heavy atom. The van der Waals surface area contributed by atoms with Crippen molar-refractivity contribution in [2.24, 2.45) is 24.8 Å². The van der Waals surface area contributed by atoms with E-state index < -0.39 is 0 Å². The molecule has 0 radical (unpaired) electrons. The van der Waals surface area contributed by atoms with Gasteiger partial charge in [-0.1, -0.05) is 13.8 Å². The van der Waals surface area contributed by atoms with Crippen LogP contribution in [0.2, 0.25) is 0 Å². The van der Waals surface area contributed by atoms with Crippen LogP contribution in [0.3, 0.4) is 0 Å². The SMILES string of the molecule is CC(C)C1CCC(O)C(CCc2nccn2C)C1. The van der Waals surface area contributed by atoms with Gasteiger partial charge in [-0.2, -0.15) is 0 Å². The van der Waals surface area contributed by atoms with Crippen molar-refractivity contribution in [2.75, 3.05) is 0 Å². The van der Waals surface area contributed by atoms with Crippen LogP contribution in [0.15, 0.2) is 12.4 Å². The number of aliphatic hydroxyl groups is 1. The highest BCUT2D eigenvalue weighted by atomic mass is 16.3. The lowest BCUT2D eigenvalue weighted by Crippen LogP contribution is -2.31. The molecule has 102 valence electrons. The summed E-state index contributed by atoms with van der Waals surface area (Å²) in [4.78, 5) is 4.36. The Hall–Kier alpha value is -0.830. The van der Waals surface area contributed by atoms with Crippen molar-refractivity contribution in [3.63, 3.8) is 0 Å². The van der Waals surface area contributed by atoms with Crippen LogP contribution in [-0.4, -0.2) is 20.8 Å². The normalized spacial score (nSPS) is 28.8. The lowest BCUT2D eigenvalue weighted by molar-refractivity contribution is 0.0335. The van der Waals surface area contributed by atoms with E-state index in [2.05, 4.69) is 23.4 Å². The molecule has 1 aromatic heterocycles. The fraction of sp³-hybridized carbons (Fsp3) is 0.800. The molecule has 3 unspecified atom stereocenters. The molecule has 18 heavy (non-hydrogen) atoms. The lowest BCUT2D eigenvalue weighted by atomic mass is 9.73. The van der Waals surface area contributed by atoms with Gasteiger partial charge in [-0.15, -0.1) is 0 Å². The molecular weight excluding hydrogens is 224 g/mol. The van der Waals surface area contributed by atoms with Gasteiger partial charge in [0.05, 0.1) is 6.10 Å². The number of rotatable bonds is 4. The fourth-order valence-corrected chi connectivity index (χ4v) is 3.15. The van der Waals surface area contributed by atoms with E-state index in [1.807, 2.05) is 19.4 Å². The zero-order chi connectivity index (χ0) is 13.1. The van der Waals surface area contributed by atoms with Crippen LogP contribution in [0.4, 0.5) is 0 Å². The van der Waals surface area contributed by atoms with Gasteiger partial charge in [0.25, 0.3) is 0 Å². The van der Waals surface area contributed by atoms with E-state index in [9.17, 15) is 5.11 Å². The van der Waals surface area contributed by atoms with Crippen LogP contribution in [0, 0.1) is 17.8 Å². The van der Waals surface area contributed by atoms with Crippen LogP contribution in [0.25, 0.3) is 0 Å². The zero-order valence-corrected chi connectivity index (χ0v) is 11.8. The molecule has 1 aromatic rings. The summed E-state index contributed by atoms with van der Waals surface area (Å²) in [6, 6.07) is 0. The molecule has 1 saturated carbocycles. The predicted molar refractivity (Wildman–Crippen MR) is 73.2 cm³/mol. The van der Waals surface area contributed by atoms with Crippen molar-refractivity contribution < 1.29 is 5.11 Å². The zero-order valence-electron chi connectivity index (χ0n) is 11.8. The molecule has 1 fully saturated rings. The highest BCUT2D eigenvalue weighted by molar-refractivity contribution is 4.92. The molecule has 3 heteroatoms. The number of hydrogen-bond donors (Lipinski definition) is 1. The molecule has 3 nitrogen and oxygen atoms in total. The summed E-state index contributed by atoms with van der Waals surface area (Å²) in [6.07, 6.45) is 9.15. The molecule has 0 saturated heterocycles. The van der Waals surface area contributed by atoms with Gasteiger partial charge in [0.1, 0.15) is 5.82 Å². The van der Waals surface area contributed by atoms with Gasteiger partial charge < -0.3 is 9.67 Å². The van der Waals surface area contributed by atoms with E-state index in [1.165, 1.54) is 12.8 Å². The predicted octanol–water partition coefficient (Wildman–Crippen LogP) is 2.79. The quantitative estimate of drug-likeness (QED) is 0.892. The smallest absolute Gasteiger partial charge is 0.108 e. The van der Waals surface area contributed by atoms with Crippen LogP contribution in [-0.2, 0) is 13.5 Å². The summed E-state index contributed by atoms with van der Waals surface area (Å²) in [5.41, 5.74) is 0. The van der Waals surface area contributed by atoms with Gasteiger partial charge in [0.2, 0.25) is 0 Å². The number of hydrogen-bond acceptors (Lipinski definition) is 2. The first-order valence-electron chi connectivity index (χ1n) is 7.22. The average molecular weight is 250 g/mol. The summed E-state index contributed by atoms with van der Waals surface area (Å²) in [6.45, 7) is 4.61. The Morgan fingerprint density at radius 3 is 2.83 bits per heavy atom. The molecule has 0 spiro atoms. The van der Waals surface area contributed by atoms with Crippen LogP contribution >= 0.6 is 0 Å². The Balaban J connectivity index is 1.89. The molecule has 1 aliphatic rings. The Labute approximate surface area is 110 Å². The molecular formula is C15H26N2O. The summed E-state index contributed by atoms with van der Waals surface area (Å²) in [5, 5.41) is 10.1. The first-order chi connectivity index (χ1) is 8.58.